The van der Waals surface area contributed by atoms with Gasteiger partial charge in [-0.3, -0.25) is 0 Å². The molecule has 0 aromatic heterocycles. The van der Waals surface area contributed by atoms with Gasteiger partial charge in [-0.2, -0.15) is 0 Å². The first-order valence-electron chi connectivity index (χ1n) is 3.35. The van der Waals surface area contributed by atoms with Crippen LogP contribution in [0, 0.1) is 0 Å². The number of hydrogen-bond acceptors (Lipinski definition) is 1. The first kappa shape index (κ1) is 9.60. The zero-order valence-electron chi connectivity index (χ0n) is 5.64. The molecule has 0 N–H and O–H groups in total. The molecule has 0 saturated carbocycles. The molecule has 0 aliphatic heterocycles. The van der Waals surface area contributed by atoms with E-state index in [4.69, 9.17) is 29.1 Å². The molecule has 5 heteroatoms. The molecule has 0 spiro atoms. The molecule has 0 fully saturated rings. The van der Waals surface area contributed by atoms with Crippen LogP contribution in [-0.4, -0.2) is 0 Å². The van der Waals surface area contributed by atoms with E-state index >= 15 is 0 Å². The van der Waals surface area contributed by atoms with Gasteiger partial charge in [-0.25, -0.2) is 0 Å². The molecule has 0 bridgehead atoms. The van der Waals surface area contributed by atoms with E-state index in [2.05, 4.69) is 0 Å². The summed E-state index contributed by atoms with van der Waals surface area (Å²) < 4.78 is 11.7. The van der Waals surface area contributed by atoms with E-state index in [1.54, 1.807) is 30.3 Å². The van der Waals surface area contributed by atoms with E-state index in [0.29, 0.717) is 4.16 Å². The zero-order chi connectivity index (χ0) is 8.56. The van der Waals surface area contributed by atoms with Crippen LogP contribution in [0.2, 0.25) is 0 Å². The fraction of sp³-hybridized carbons (Fsp3) is 0. The second kappa shape index (κ2) is 2.78. The molecule has 1 rings (SSSR count). The number of hydrogen-bond donors (Lipinski definition) is 0. The Labute approximate surface area is 77.4 Å². The summed E-state index contributed by atoms with van der Waals surface area (Å²) in [5.74, 6) is 0. The Balaban J connectivity index is 3.26. The Kier molecular flexibility index (Phi) is 2.42. The van der Waals surface area contributed by atoms with Crippen molar-refractivity contribution >= 4 is 33.2 Å². The molecule has 0 saturated heterocycles. The normalized spacial score (nSPS) is 10.8. The fourth-order valence-electron chi connectivity index (χ4n) is 0.841. The summed E-state index contributed by atoms with van der Waals surface area (Å²) in [5.41, 5.74) is 0. The second-order valence-electron chi connectivity index (χ2n) is 2.66. The molecule has 1 aromatic rings. The maximum atomic E-state index is 11.4. The first-order valence-corrected chi connectivity index (χ1v) is 17.7. The standard InChI is InChI=1S/C6H5.3ClH.O.Zn/c1-2-4-6-5-3-1;;;;;/h1-5H;3*1H;;/q;;;;;+3/p-3. The van der Waals surface area contributed by atoms with Gasteiger partial charge >= 0.3 is 77.7 Å². The predicted octanol–water partition coefficient (Wildman–Crippen LogP) is 2.81. The van der Waals surface area contributed by atoms with Crippen LogP contribution in [0.3, 0.4) is 0 Å². The third-order valence-corrected chi connectivity index (χ3v) is 9.91. The van der Waals surface area contributed by atoms with Crippen LogP contribution in [0.1, 0.15) is 0 Å². The Morgan fingerprint density at radius 3 is 1.73 bits per heavy atom. The summed E-state index contributed by atoms with van der Waals surface area (Å²) >= 11 is 0. The number of rotatable bonds is 1. The molecular formula is C6H5Cl3OZn. The first-order chi connectivity index (χ1) is 4.86. The van der Waals surface area contributed by atoms with E-state index in [9.17, 15) is 3.57 Å². The molecule has 0 aliphatic rings. The van der Waals surface area contributed by atoms with Gasteiger partial charge in [0.15, 0.2) is 0 Å². The third-order valence-electron chi connectivity index (χ3n) is 1.47. The van der Waals surface area contributed by atoms with E-state index in [1.807, 2.05) is 0 Å². The van der Waals surface area contributed by atoms with E-state index in [0.717, 1.165) is 0 Å². The van der Waals surface area contributed by atoms with Crippen molar-refractivity contribution in [3.63, 3.8) is 0 Å². The van der Waals surface area contributed by atoms with Gasteiger partial charge in [-0.1, -0.05) is 0 Å². The van der Waals surface area contributed by atoms with Crippen LogP contribution in [0.4, 0.5) is 0 Å². The molecule has 0 radical (unpaired) electrons. The minimum atomic E-state index is -5.23. The summed E-state index contributed by atoms with van der Waals surface area (Å²) in [7, 11) is 11.3. The van der Waals surface area contributed by atoms with Crippen molar-refractivity contribution in [2.75, 3.05) is 0 Å². The second-order valence-corrected chi connectivity index (χ2v) is 29.5. The van der Waals surface area contributed by atoms with Gasteiger partial charge in [-0.05, 0) is 0 Å². The quantitative estimate of drug-likeness (QED) is 0.713. The minimum absolute atomic E-state index is 0.339. The Morgan fingerprint density at radius 1 is 1.00 bits per heavy atom. The topological polar surface area (TPSA) is 17.1 Å². The van der Waals surface area contributed by atoms with Gasteiger partial charge in [-0.15, -0.1) is 0 Å². The molecule has 0 amide bonds. The van der Waals surface area contributed by atoms with Crippen molar-refractivity contribution in [3.05, 3.63) is 30.3 Å². The summed E-state index contributed by atoms with van der Waals surface area (Å²) in [6.45, 7) is 0. The van der Waals surface area contributed by atoms with Crippen molar-refractivity contribution in [2.24, 2.45) is 0 Å². The van der Waals surface area contributed by atoms with Crippen LogP contribution in [0.5, 0.6) is 0 Å². The molecular weight excluding hydrogens is 260 g/mol. The van der Waals surface area contributed by atoms with Gasteiger partial charge in [0.05, 0.1) is 0 Å². The SMILES string of the molecule is [O]=[Zn]([Cl])([Cl])([Cl])[c]1ccccc1. The predicted molar refractivity (Wildman–Crippen MR) is 44.3 cm³/mol. The Hall–Kier alpha value is 0.513. The van der Waals surface area contributed by atoms with Crippen LogP contribution in [0.15, 0.2) is 30.3 Å². The average Bonchev–Trinajstić information content (AvgIpc) is 1.86. The van der Waals surface area contributed by atoms with Gasteiger partial charge in [0, 0.05) is 0 Å². The van der Waals surface area contributed by atoms with E-state index in [1.165, 1.54) is 0 Å². The summed E-state index contributed by atoms with van der Waals surface area (Å²) in [6.07, 6.45) is 0. The van der Waals surface area contributed by atoms with Crippen LogP contribution in [-0.2, 0) is 14.2 Å². The fourth-order valence-corrected chi connectivity index (χ4v) is 5.72. The Morgan fingerprint density at radius 2 is 1.45 bits per heavy atom. The monoisotopic (exact) mass is 262 g/mol. The van der Waals surface area contributed by atoms with Gasteiger partial charge in [0.2, 0.25) is 0 Å². The van der Waals surface area contributed by atoms with Crippen molar-refractivity contribution < 1.29 is 14.2 Å². The number of benzene rings is 1. The van der Waals surface area contributed by atoms with Crippen molar-refractivity contribution in [1.29, 1.82) is 0 Å². The van der Waals surface area contributed by atoms with Crippen molar-refractivity contribution in [3.8, 4) is 0 Å². The van der Waals surface area contributed by atoms with Gasteiger partial charge in [0.1, 0.15) is 0 Å². The number of halogens is 3. The third kappa shape index (κ3) is 2.79. The maximum absolute atomic E-state index is 11.4. The summed E-state index contributed by atoms with van der Waals surface area (Å²) in [5, 5.41) is 0. The average molecular weight is 265 g/mol. The molecule has 0 heterocycles. The molecule has 0 atom stereocenters. The molecule has 0 unspecified atom stereocenters. The molecule has 0 aliphatic carbocycles. The van der Waals surface area contributed by atoms with Crippen LogP contribution in [0.25, 0.3) is 0 Å². The van der Waals surface area contributed by atoms with Crippen LogP contribution < -0.4 is 4.16 Å². The molecule has 1 aromatic carbocycles. The zero-order valence-corrected chi connectivity index (χ0v) is 10.9. The van der Waals surface area contributed by atoms with Gasteiger partial charge in [0.25, 0.3) is 0 Å². The Bertz CT molecular complexity index is 305. The van der Waals surface area contributed by atoms with Crippen molar-refractivity contribution in [1.82, 2.24) is 0 Å². The molecule has 11 heavy (non-hydrogen) atoms. The molecule has 1 nitrogen and oxygen atoms in total. The van der Waals surface area contributed by atoms with E-state index < -0.39 is 10.6 Å². The summed E-state index contributed by atoms with van der Waals surface area (Å²) in [6, 6.07) is 8.28. The molecule has 58 valence electrons. The van der Waals surface area contributed by atoms with E-state index in [-0.39, 0.29) is 0 Å². The summed E-state index contributed by atoms with van der Waals surface area (Å²) in [4.78, 5) is 0. The van der Waals surface area contributed by atoms with Gasteiger partial charge < -0.3 is 0 Å². The van der Waals surface area contributed by atoms with Crippen molar-refractivity contribution in [2.45, 2.75) is 0 Å². The van der Waals surface area contributed by atoms with Crippen LogP contribution >= 0.6 is 29.1 Å².